The highest BCUT2D eigenvalue weighted by atomic mass is 32.2. The monoisotopic (exact) mass is 307 g/mol. The van der Waals surface area contributed by atoms with Gasteiger partial charge >= 0.3 is 0 Å². The van der Waals surface area contributed by atoms with E-state index in [4.69, 9.17) is 0 Å². The quantitative estimate of drug-likeness (QED) is 0.911. The summed E-state index contributed by atoms with van der Waals surface area (Å²) in [5, 5.41) is 2.58. The Morgan fingerprint density at radius 1 is 1.14 bits per heavy atom. The van der Waals surface area contributed by atoms with Crippen molar-refractivity contribution < 1.29 is 13.2 Å². The Labute approximate surface area is 123 Å². The summed E-state index contributed by atoms with van der Waals surface area (Å²) in [6.45, 7) is 3.84. The van der Waals surface area contributed by atoms with Gasteiger partial charge in [0.15, 0.2) is 0 Å². The molecule has 0 atom stereocenters. The van der Waals surface area contributed by atoms with E-state index < -0.39 is 9.84 Å². The van der Waals surface area contributed by atoms with E-state index in [2.05, 4.69) is 15.3 Å². The zero-order valence-corrected chi connectivity index (χ0v) is 13.0. The van der Waals surface area contributed by atoms with Crippen molar-refractivity contribution in [2.45, 2.75) is 13.8 Å². The van der Waals surface area contributed by atoms with Crippen molar-refractivity contribution in [1.82, 2.24) is 15.3 Å². The van der Waals surface area contributed by atoms with Crippen molar-refractivity contribution in [2.75, 3.05) is 18.6 Å². The molecule has 1 heterocycles. The van der Waals surface area contributed by atoms with Crippen molar-refractivity contribution in [3.63, 3.8) is 0 Å². The second-order valence-corrected chi connectivity index (χ2v) is 7.24. The molecule has 0 aliphatic carbocycles. The second kappa shape index (κ2) is 5.77. The van der Waals surface area contributed by atoms with E-state index in [-0.39, 0.29) is 18.2 Å². The number of sulfone groups is 1. The highest BCUT2D eigenvalue weighted by Crippen LogP contribution is 2.14. The molecule has 0 spiro atoms. The molecule has 0 saturated heterocycles. The number of hydrogen-bond acceptors (Lipinski definition) is 5. The van der Waals surface area contributed by atoms with Crippen LogP contribution in [0.25, 0.3) is 11.0 Å². The number of benzene rings is 1. The van der Waals surface area contributed by atoms with E-state index in [1.807, 2.05) is 13.8 Å². The molecule has 1 amide bonds. The molecule has 0 saturated carbocycles. The lowest BCUT2D eigenvalue weighted by Gasteiger charge is -2.06. The summed E-state index contributed by atoms with van der Waals surface area (Å²) in [5.74, 6) is -0.398. The largest absolute Gasteiger partial charge is 0.351 e. The molecule has 0 aliphatic heterocycles. The maximum absolute atomic E-state index is 12.0. The van der Waals surface area contributed by atoms with E-state index >= 15 is 0 Å². The number of nitrogens with zero attached hydrogens (tertiary/aromatic N) is 2. The van der Waals surface area contributed by atoms with Crippen LogP contribution < -0.4 is 5.32 Å². The van der Waals surface area contributed by atoms with Crippen LogP contribution in [0, 0.1) is 13.8 Å². The maximum atomic E-state index is 12.0. The molecule has 0 aliphatic rings. The molecule has 1 aromatic carbocycles. The van der Waals surface area contributed by atoms with Gasteiger partial charge in [0.2, 0.25) is 0 Å². The van der Waals surface area contributed by atoms with Crippen LogP contribution >= 0.6 is 0 Å². The molecule has 0 unspecified atom stereocenters. The number of aromatic nitrogens is 2. The Balaban J connectivity index is 2.18. The van der Waals surface area contributed by atoms with Crippen LogP contribution in [0.3, 0.4) is 0 Å². The van der Waals surface area contributed by atoms with Gasteiger partial charge in [-0.25, -0.2) is 18.4 Å². The first-order valence-corrected chi connectivity index (χ1v) is 8.53. The first-order valence-electron chi connectivity index (χ1n) is 6.47. The fraction of sp³-hybridized carbons (Fsp3) is 0.357. The third kappa shape index (κ3) is 3.98. The topological polar surface area (TPSA) is 89.0 Å². The van der Waals surface area contributed by atoms with Gasteiger partial charge in [0.1, 0.15) is 9.84 Å². The van der Waals surface area contributed by atoms with Gasteiger partial charge in [-0.15, -0.1) is 0 Å². The number of fused-ring (bicyclic) bond motifs is 1. The van der Waals surface area contributed by atoms with E-state index in [1.54, 1.807) is 18.2 Å². The summed E-state index contributed by atoms with van der Waals surface area (Å²) in [6, 6.07) is 5.05. The molecular weight excluding hydrogens is 290 g/mol. The van der Waals surface area contributed by atoms with Gasteiger partial charge in [0.05, 0.1) is 28.2 Å². The molecular formula is C14H17N3O3S. The molecule has 0 bridgehead atoms. The molecule has 0 fully saturated rings. The van der Waals surface area contributed by atoms with Crippen LogP contribution in [0.1, 0.15) is 21.7 Å². The van der Waals surface area contributed by atoms with Crippen LogP contribution in [-0.2, 0) is 9.84 Å². The summed E-state index contributed by atoms with van der Waals surface area (Å²) in [7, 11) is -3.08. The zero-order valence-electron chi connectivity index (χ0n) is 12.2. The molecule has 7 heteroatoms. The highest BCUT2D eigenvalue weighted by Gasteiger charge is 2.09. The number of hydrogen-bond donors (Lipinski definition) is 1. The first kappa shape index (κ1) is 15.4. The molecule has 0 radical (unpaired) electrons. The molecule has 1 aromatic heterocycles. The Morgan fingerprint density at radius 3 is 2.38 bits per heavy atom. The summed E-state index contributed by atoms with van der Waals surface area (Å²) >= 11 is 0. The zero-order chi connectivity index (χ0) is 15.6. The Hall–Kier alpha value is -2.02. The maximum Gasteiger partial charge on any atom is 0.251 e. The van der Waals surface area contributed by atoms with Crippen molar-refractivity contribution in [1.29, 1.82) is 0 Å². The van der Waals surface area contributed by atoms with Gasteiger partial charge in [0, 0.05) is 18.4 Å². The van der Waals surface area contributed by atoms with Crippen molar-refractivity contribution >= 4 is 26.8 Å². The average Bonchev–Trinajstić information content (AvgIpc) is 2.38. The number of amides is 1. The van der Waals surface area contributed by atoms with Gasteiger partial charge in [-0.1, -0.05) is 0 Å². The number of carbonyl (C=O) groups excluding carboxylic acids is 1. The summed E-state index contributed by atoms with van der Waals surface area (Å²) in [6.07, 6.45) is 1.13. The number of carbonyl (C=O) groups is 1. The van der Waals surface area contributed by atoms with Gasteiger partial charge in [0.25, 0.3) is 5.91 Å². The fourth-order valence-corrected chi connectivity index (χ4v) is 2.30. The summed E-state index contributed by atoms with van der Waals surface area (Å²) < 4.78 is 22.0. The standard InChI is InChI=1S/C14H17N3O3S/c1-9-10(2)17-13-8-11(4-5-12(13)16-9)14(18)15-6-7-21(3,19)20/h4-5,8H,6-7H2,1-3H3,(H,15,18). The number of nitrogens with one attached hydrogen (secondary N) is 1. The fourth-order valence-electron chi connectivity index (χ4n) is 1.82. The number of aryl methyl sites for hydroxylation is 2. The normalized spacial score (nSPS) is 11.6. The Morgan fingerprint density at radius 2 is 1.76 bits per heavy atom. The van der Waals surface area contributed by atoms with Crippen LogP contribution in [0.5, 0.6) is 0 Å². The minimum atomic E-state index is -3.08. The predicted molar refractivity (Wildman–Crippen MR) is 81.1 cm³/mol. The minimum absolute atomic E-state index is 0.0789. The van der Waals surface area contributed by atoms with Crippen molar-refractivity contribution in [3.05, 3.63) is 35.2 Å². The first-order chi connectivity index (χ1) is 9.76. The van der Waals surface area contributed by atoms with Crippen LogP contribution in [0.15, 0.2) is 18.2 Å². The predicted octanol–water partition coefficient (Wildman–Crippen LogP) is 1.02. The molecule has 2 aromatic rings. The van der Waals surface area contributed by atoms with E-state index in [9.17, 15) is 13.2 Å². The lowest BCUT2D eigenvalue weighted by Crippen LogP contribution is -2.28. The van der Waals surface area contributed by atoms with E-state index in [1.165, 1.54) is 0 Å². The lowest BCUT2D eigenvalue weighted by atomic mass is 10.1. The van der Waals surface area contributed by atoms with Crippen molar-refractivity contribution in [3.8, 4) is 0 Å². The smallest absolute Gasteiger partial charge is 0.251 e. The summed E-state index contributed by atoms with van der Waals surface area (Å²) in [4.78, 5) is 20.8. The number of rotatable bonds is 4. The van der Waals surface area contributed by atoms with Gasteiger partial charge in [-0.3, -0.25) is 4.79 Å². The third-order valence-electron chi connectivity index (χ3n) is 3.10. The van der Waals surface area contributed by atoms with E-state index in [0.717, 1.165) is 23.2 Å². The molecule has 21 heavy (non-hydrogen) atoms. The lowest BCUT2D eigenvalue weighted by molar-refractivity contribution is 0.0956. The molecule has 6 nitrogen and oxygen atoms in total. The summed E-state index contributed by atoms with van der Waals surface area (Å²) in [5.41, 5.74) is 3.48. The SMILES string of the molecule is Cc1nc2ccc(C(=O)NCCS(C)(=O)=O)cc2nc1C. The minimum Gasteiger partial charge on any atom is -0.351 e. The van der Waals surface area contributed by atoms with Gasteiger partial charge in [-0.05, 0) is 32.0 Å². The Kier molecular flexibility index (Phi) is 4.22. The average molecular weight is 307 g/mol. The Bertz CT molecular complexity index is 800. The van der Waals surface area contributed by atoms with Crippen LogP contribution in [0.2, 0.25) is 0 Å². The van der Waals surface area contributed by atoms with E-state index in [0.29, 0.717) is 11.1 Å². The third-order valence-corrected chi connectivity index (χ3v) is 4.04. The molecule has 1 N–H and O–H groups in total. The van der Waals surface area contributed by atoms with Gasteiger partial charge < -0.3 is 5.32 Å². The van der Waals surface area contributed by atoms with Gasteiger partial charge in [-0.2, -0.15) is 0 Å². The molecule has 2 rings (SSSR count). The van der Waals surface area contributed by atoms with Crippen LogP contribution in [-0.4, -0.2) is 42.8 Å². The highest BCUT2D eigenvalue weighted by molar-refractivity contribution is 7.90. The van der Waals surface area contributed by atoms with Crippen molar-refractivity contribution in [2.24, 2.45) is 0 Å². The second-order valence-electron chi connectivity index (χ2n) is 4.98. The van der Waals surface area contributed by atoms with Crippen LogP contribution in [0.4, 0.5) is 0 Å². The molecule has 112 valence electrons.